The highest BCUT2D eigenvalue weighted by atomic mass is 16.6. The summed E-state index contributed by atoms with van der Waals surface area (Å²) >= 11 is 0. The van der Waals surface area contributed by atoms with Gasteiger partial charge < -0.3 is 9.15 Å². The van der Waals surface area contributed by atoms with Crippen LogP contribution in [0.15, 0.2) is 41.1 Å². The fourth-order valence-electron chi connectivity index (χ4n) is 0.985. The van der Waals surface area contributed by atoms with E-state index in [1.165, 1.54) is 6.39 Å². The molecule has 0 saturated heterocycles. The Morgan fingerprint density at radius 1 is 1.23 bits per heavy atom. The summed E-state index contributed by atoms with van der Waals surface area (Å²) in [4.78, 5) is 3.92. The lowest BCUT2D eigenvalue weighted by Crippen LogP contribution is -1.83. The third kappa shape index (κ3) is 1.69. The maximum atomic E-state index is 5.42. The predicted octanol–water partition coefficient (Wildman–Crippen LogP) is 2.78. The van der Waals surface area contributed by atoms with Gasteiger partial charge in [-0.2, -0.15) is 0 Å². The van der Waals surface area contributed by atoms with Crippen LogP contribution in [0.3, 0.4) is 0 Å². The monoisotopic (exact) mass is 175 g/mol. The molecule has 2 aromatic rings. The zero-order chi connectivity index (χ0) is 9.10. The lowest BCUT2D eigenvalue weighted by atomic mass is 10.3. The number of rotatable bonds is 2. The van der Waals surface area contributed by atoms with Crippen molar-refractivity contribution in [1.82, 2.24) is 4.98 Å². The minimum absolute atomic E-state index is 0.450. The highest BCUT2D eigenvalue weighted by Crippen LogP contribution is 2.23. The molecule has 0 N–H and O–H groups in total. The number of ether oxygens (including phenoxy) is 1. The molecule has 1 heterocycles. The van der Waals surface area contributed by atoms with Gasteiger partial charge in [-0.1, -0.05) is 18.2 Å². The zero-order valence-electron chi connectivity index (χ0n) is 7.23. The Morgan fingerprint density at radius 3 is 2.62 bits per heavy atom. The molecule has 0 unspecified atom stereocenters. The summed E-state index contributed by atoms with van der Waals surface area (Å²) in [6.45, 7) is 1.84. The molecule has 0 aliphatic carbocycles. The molecule has 3 heteroatoms. The summed E-state index contributed by atoms with van der Waals surface area (Å²) in [5.74, 6) is 1.20. The van der Waals surface area contributed by atoms with Crippen LogP contribution >= 0.6 is 0 Å². The number of nitrogens with zero attached hydrogens (tertiary/aromatic N) is 1. The summed E-state index contributed by atoms with van der Waals surface area (Å²) in [5.41, 5.74) is 0.754. The van der Waals surface area contributed by atoms with Gasteiger partial charge in [-0.05, 0) is 19.1 Å². The van der Waals surface area contributed by atoms with E-state index < -0.39 is 0 Å². The molecule has 0 saturated carbocycles. The van der Waals surface area contributed by atoms with Crippen LogP contribution in [0.1, 0.15) is 5.69 Å². The van der Waals surface area contributed by atoms with Gasteiger partial charge in [0.15, 0.2) is 6.39 Å². The summed E-state index contributed by atoms with van der Waals surface area (Å²) < 4.78 is 10.5. The second-order valence-electron chi connectivity index (χ2n) is 2.64. The first-order valence-corrected chi connectivity index (χ1v) is 3.99. The summed E-state index contributed by atoms with van der Waals surface area (Å²) in [5, 5.41) is 0. The van der Waals surface area contributed by atoms with E-state index in [4.69, 9.17) is 9.15 Å². The van der Waals surface area contributed by atoms with Gasteiger partial charge in [-0.25, -0.2) is 4.98 Å². The third-order valence-corrected chi connectivity index (χ3v) is 1.66. The van der Waals surface area contributed by atoms with Crippen LogP contribution in [0.5, 0.6) is 11.7 Å². The van der Waals surface area contributed by atoms with Crippen LogP contribution in [0.2, 0.25) is 0 Å². The molecule has 3 nitrogen and oxygen atoms in total. The molecule has 1 aromatic carbocycles. The molecule has 0 aliphatic heterocycles. The molecule has 0 fully saturated rings. The number of hydrogen-bond donors (Lipinski definition) is 0. The van der Waals surface area contributed by atoms with Crippen molar-refractivity contribution in [3.8, 4) is 11.7 Å². The smallest absolute Gasteiger partial charge is 0.313 e. The van der Waals surface area contributed by atoms with Crippen LogP contribution in [0.25, 0.3) is 0 Å². The third-order valence-electron chi connectivity index (χ3n) is 1.66. The minimum atomic E-state index is 0.450. The fraction of sp³-hybridized carbons (Fsp3) is 0.100. The SMILES string of the molecule is Cc1ncoc1Oc1ccccc1. The van der Waals surface area contributed by atoms with Crippen LogP contribution in [0, 0.1) is 6.92 Å². The molecule has 0 bridgehead atoms. The average molecular weight is 175 g/mol. The van der Waals surface area contributed by atoms with Crippen molar-refractivity contribution in [3.63, 3.8) is 0 Å². The van der Waals surface area contributed by atoms with E-state index in [1.807, 2.05) is 37.3 Å². The maximum absolute atomic E-state index is 5.42. The van der Waals surface area contributed by atoms with Gasteiger partial charge >= 0.3 is 5.95 Å². The van der Waals surface area contributed by atoms with Crippen molar-refractivity contribution in [2.75, 3.05) is 0 Å². The van der Waals surface area contributed by atoms with Gasteiger partial charge in [-0.15, -0.1) is 0 Å². The Bertz CT molecular complexity index is 381. The number of oxazole rings is 1. The Kier molecular flexibility index (Phi) is 2.00. The van der Waals surface area contributed by atoms with E-state index in [0.29, 0.717) is 5.95 Å². The van der Waals surface area contributed by atoms with Gasteiger partial charge in [0.1, 0.15) is 11.4 Å². The average Bonchev–Trinajstić information content (AvgIpc) is 2.54. The summed E-state index contributed by atoms with van der Waals surface area (Å²) in [6.07, 6.45) is 1.37. The molecule has 2 rings (SSSR count). The van der Waals surface area contributed by atoms with Gasteiger partial charge in [0.25, 0.3) is 0 Å². The standard InChI is InChI=1S/C10H9NO2/c1-8-10(12-7-11-8)13-9-5-3-2-4-6-9/h2-7H,1H3. The highest BCUT2D eigenvalue weighted by Gasteiger charge is 2.04. The Balaban J connectivity index is 2.20. The molecular formula is C10H9NO2. The quantitative estimate of drug-likeness (QED) is 0.703. The van der Waals surface area contributed by atoms with E-state index in [2.05, 4.69) is 4.98 Å². The van der Waals surface area contributed by atoms with E-state index in [1.54, 1.807) is 0 Å². The fourth-order valence-corrected chi connectivity index (χ4v) is 0.985. The molecule has 66 valence electrons. The molecule has 0 amide bonds. The molecule has 1 aromatic heterocycles. The van der Waals surface area contributed by atoms with Crippen molar-refractivity contribution >= 4 is 0 Å². The Labute approximate surface area is 76.0 Å². The number of aromatic nitrogens is 1. The molecular weight excluding hydrogens is 166 g/mol. The number of para-hydroxylation sites is 1. The van der Waals surface area contributed by atoms with Crippen LogP contribution in [-0.4, -0.2) is 4.98 Å². The highest BCUT2D eigenvalue weighted by molar-refractivity contribution is 5.26. The predicted molar refractivity (Wildman–Crippen MR) is 47.8 cm³/mol. The summed E-state index contributed by atoms with van der Waals surface area (Å²) in [7, 11) is 0. The second-order valence-corrected chi connectivity index (χ2v) is 2.64. The van der Waals surface area contributed by atoms with Crippen molar-refractivity contribution in [3.05, 3.63) is 42.4 Å². The lowest BCUT2D eigenvalue weighted by Gasteiger charge is -2.00. The molecule has 0 aliphatic rings. The van der Waals surface area contributed by atoms with E-state index in [0.717, 1.165) is 11.4 Å². The maximum Gasteiger partial charge on any atom is 0.313 e. The van der Waals surface area contributed by atoms with Gasteiger partial charge in [0.2, 0.25) is 0 Å². The first-order valence-electron chi connectivity index (χ1n) is 3.99. The normalized spacial score (nSPS) is 9.92. The Hall–Kier alpha value is -1.77. The van der Waals surface area contributed by atoms with E-state index >= 15 is 0 Å². The topological polar surface area (TPSA) is 35.3 Å². The molecule has 0 spiro atoms. The molecule has 13 heavy (non-hydrogen) atoms. The van der Waals surface area contributed by atoms with Crippen molar-refractivity contribution < 1.29 is 9.15 Å². The number of benzene rings is 1. The first kappa shape index (κ1) is 7.86. The molecule has 0 radical (unpaired) electrons. The van der Waals surface area contributed by atoms with Crippen molar-refractivity contribution in [1.29, 1.82) is 0 Å². The van der Waals surface area contributed by atoms with Crippen LogP contribution in [-0.2, 0) is 0 Å². The zero-order valence-corrected chi connectivity index (χ0v) is 7.23. The van der Waals surface area contributed by atoms with Crippen LogP contribution in [0.4, 0.5) is 0 Å². The van der Waals surface area contributed by atoms with Gasteiger partial charge in [-0.3, -0.25) is 0 Å². The Morgan fingerprint density at radius 2 is 2.00 bits per heavy atom. The second kappa shape index (κ2) is 3.31. The van der Waals surface area contributed by atoms with Gasteiger partial charge in [0, 0.05) is 0 Å². The minimum Gasteiger partial charge on any atom is -0.425 e. The molecule has 0 atom stereocenters. The van der Waals surface area contributed by atoms with E-state index in [-0.39, 0.29) is 0 Å². The summed E-state index contributed by atoms with van der Waals surface area (Å²) in [6, 6.07) is 9.46. The first-order chi connectivity index (χ1) is 6.36. The number of hydrogen-bond acceptors (Lipinski definition) is 3. The van der Waals surface area contributed by atoms with Crippen molar-refractivity contribution in [2.45, 2.75) is 6.92 Å². The lowest BCUT2D eigenvalue weighted by molar-refractivity contribution is 0.343. The largest absolute Gasteiger partial charge is 0.425 e. The van der Waals surface area contributed by atoms with Crippen LogP contribution < -0.4 is 4.74 Å². The van der Waals surface area contributed by atoms with Crippen molar-refractivity contribution in [2.24, 2.45) is 0 Å². The number of aryl methyl sites for hydroxylation is 1. The van der Waals surface area contributed by atoms with E-state index in [9.17, 15) is 0 Å². The van der Waals surface area contributed by atoms with Gasteiger partial charge in [0.05, 0.1) is 0 Å².